The second kappa shape index (κ2) is 4.75. The van der Waals surface area contributed by atoms with Crippen molar-refractivity contribution < 1.29 is 18.1 Å². The zero-order valence-corrected chi connectivity index (χ0v) is 10.5. The number of hydrogen-bond acceptors (Lipinski definition) is 3. The molecule has 0 amide bonds. The van der Waals surface area contributed by atoms with Crippen LogP contribution in [-0.4, -0.2) is 16.1 Å². The normalized spacial score (nSPS) is 11.6. The van der Waals surface area contributed by atoms with Gasteiger partial charge in [-0.1, -0.05) is 30.3 Å². The summed E-state index contributed by atoms with van der Waals surface area (Å²) in [4.78, 5) is 13.8. The number of pyridine rings is 1. The molecule has 0 unspecified atom stereocenters. The summed E-state index contributed by atoms with van der Waals surface area (Å²) in [5, 5.41) is 10.6. The van der Waals surface area contributed by atoms with Gasteiger partial charge in [-0.2, -0.15) is 13.2 Å². The van der Waals surface area contributed by atoms with Gasteiger partial charge in [0.1, 0.15) is 5.15 Å². The third kappa shape index (κ3) is 2.44. The van der Waals surface area contributed by atoms with E-state index in [-0.39, 0.29) is 21.6 Å². The van der Waals surface area contributed by atoms with Crippen LogP contribution in [-0.2, 0) is 0 Å². The molecular formula is C12H6ClF3N2O2. The van der Waals surface area contributed by atoms with Crippen LogP contribution in [0.25, 0.3) is 16.3 Å². The lowest BCUT2D eigenvalue weighted by Crippen LogP contribution is -2.11. The molecule has 0 N–H and O–H groups in total. The molecule has 0 radical (unpaired) electrons. The Morgan fingerprint density at radius 3 is 2.55 bits per heavy atom. The molecule has 0 spiro atoms. The fraction of sp³-hybridized carbons (Fsp3) is 0.0833. The largest absolute Gasteiger partial charge is 0.417 e. The van der Waals surface area contributed by atoms with Crippen molar-refractivity contribution in [3.05, 3.63) is 51.8 Å². The SMILES string of the molecule is C=C(c1nc(Cl)cc2c([N+](=O)[O-])cccc12)C(F)(F)F. The number of benzene rings is 1. The summed E-state index contributed by atoms with van der Waals surface area (Å²) in [5.74, 6) is 0. The quantitative estimate of drug-likeness (QED) is 0.470. The highest BCUT2D eigenvalue weighted by Gasteiger charge is 2.35. The number of halogens is 4. The van der Waals surface area contributed by atoms with E-state index in [2.05, 4.69) is 11.6 Å². The molecule has 2 aromatic rings. The molecule has 1 aromatic carbocycles. The van der Waals surface area contributed by atoms with Crippen LogP contribution in [0.15, 0.2) is 30.8 Å². The minimum Gasteiger partial charge on any atom is -0.258 e. The molecule has 0 saturated carbocycles. The predicted octanol–water partition coefficient (Wildman–Crippen LogP) is 4.37. The van der Waals surface area contributed by atoms with E-state index < -0.39 is 22.4 Å². The summed E-state index contributed by atoms with van der Waals surface area (Å²) in [5.41, 5.74) is -2.06. The molecule has 0 aliphatic heterocycles. The van der Waals surface area contributed by atoms with Crippen LogP contribution >= 0.6 is 11.6 Å². The molecule has 2 rings (SSSR count). The van der Waals surface area contributed by atoms with Gasteiger partial charge in [-0.15, -0.1) is 0 Å². The highest BCUT2D eigenvalue weighted by Crippen LogP contribution is 2.37. The number of hydrogen-bond donors (Lipinski definition) is 0. The lowest BCUT2D eigenvalue weighted by molar-refractivity contribution is -0.383. The van der Waals surface area contributed by atoms with Gasteiger partial charge in [-0.05, 0) is 6.07 Å². The highest BCUT2D eigenvalue weighted by atomic mass is 35.5. The van der Waals surface area contributed by atoms with E-state index in [4.69, 9.17) is 11.6 Å². The summed E-state index contributed by atoms with van der Waals surface area (Å²) in [6, 6.07) is 4.92. The van der Waals surface area contributed by atoms with Gasteiger partial charge < -0.3 is 0 Å². The Hall–Kier alpha value is -2.15. The number of non-ortho nitro benzene ring substituents is 1. The number of fused-ring (bicyclic) bond motifs is 1. The van der Waals surface area contributed by atoms with Crippen molar-refractivity contribution in [3.8, 4) is 0 Å². The number of rotatable bonds is 2. The average Bonchev–Trinajstić information content (AvgIpc) is 2.34. The molecule has 0 bridgehead atoms. The van der Waals surface area contributed by atoms with Crippen molar-refractivity contribution in [1.82, 2.24) is 4.98 Å². The van der Waals surface area contributed by atoms with Crippen LogP contribution in [0.4, 0.5) is 18.9 Å². The third-order valence-electron chi connectivity index (χ3n) is 2.65. The van der Waals surface area contributed by atoms with E-state index in [1.54, 1.807) is 0 Å². The molecule has 104 valence electrons. The van der Waals surface area contributed by atoms with Crippen molar-refractivity contribution in [1.29, 1.82) is 0 Å². The van der Waals surface area contributed by atoms with Crippen molar-refractivity contribution in [3.63, 3.8) is 0 Å². The number of alkyl halides is 3. The number of nitrogens with zero attached hydrogens (tertiary/aromatic N) is 2. The second-order valence-electron chi connectivity index (χ2n) is 3.90. The number of nitro benzene ring substituents is 1. The van der Waals surface area contributed by atoms with Crippen LogP contribution in [0.1, 0.15) is 5.69 Å². The van der Waals surface area contributed by atoms with E-state index in [1.165, 1.54) is 18.2 Å². The zero-order chi connectivity index (χ0) is 15.1. The van der Waals surface area contributed by atoms with Gasteiger partial charge in [-0.3, -0.25) is 10.1 Å². The van der Waals surface area contributed by atoms with Crippen LogP contribution < -0.4 is 0 Å². The summed E-state index contributed by atoms with van der Waals surface area (Å²) in [6.07, 6.45) is -4.70. The molecule has 4 nitrogen and oxygen atoms in total. The molecule has 0 fully saturated rings. The van der Waals surface area contributed by atoms with E-state index >= 15 is 0 Å². The van der Waals surface area contributed by atoms with Crippen molar-refractivity contribution >= 4 is 33.6 Å². The molecule has 0 aliphatic rings. The van der Waals surface area contributed by atoms with Gasteiger partial charge in [0, 0.05) is 11.5 Å². The van der Waals surface area contributed by atoms with Gasteiger partial charge in [0.05, 0.1) is 21.6 Å². The van der Waals surface area contributed by atoms with Crippen LogP contribution in [0.3, 0.4) is 0 Å². The first-order chi connectivity index (χ1) is 9.21. The molecule has 1 heterocycles. The van der Waals surface area contributed by atoms with Gasteiger partial charge >= 0.3 is 6.18 Å². The van der Waals surface area contributed by atoms with Crippen LogP contribution in [0, 0.1) is 10.1 Å². The first kappa shape index (κ1) is 14.3. The Labute approximate surface area is 115 Å². The lowest BCUT2D eigenvalue weighted by atomic mass is 10.0. The number of aromatic nitrogens is 1. The van der Waals surface area contributed by atoms with Crippen LogP contribution in [0.2, 0.25) is 5.15 Å². The standard InChI is InChI=1S/C12H6ClF3N2O2/c1-6(12(14,15)16)11-7-3-2-4-9(18(19)20)8(7)5-10(13)17-11/h2-5H,1H2. The van der Waals surface area contributed by atoms with E-state index in [1.807, 2.05) is 0 Å². The highest BCUT2D eigenvalue weighted by molar-refractivity contribution is 6.30. The van der Waals surface area contributed by atoms with Gasteiger partial charge in [0.2, 0.25) is 0 Å². The van der Waals surface area contributed by atoms with Crippen molar-refractivity contribution in [2.45, 2.75) is 6.18 Å². The fourth-order valence-electron chi connectivity index (χ4n) is 1.75. The first-order valence-electron chi connectivity index (χ1n) is 5.22. The summed E-state index contributed by atoms with van der Waals surface area (Å²) in [6.45, 7) is 2.95. The Kier molecular flexibility index (Phi) is 3.39. The van der Waals surface area contributed by atoms with Crippen LogP contribution in [0.5, 0.6) is 0 Å². The van der Waals surface area contributed by atoms with E-state index in [0.717, 1.165) is 6.07 Å². The maximum atomic E-state index is 12.7. The fourth-order valence-corrected chi connectivity index (χ4v) is 1.95. The maximum absolute atomic E-state index is 12.7. The third-order valence-corrected chi connectivity index (χ3v) is 2.84. The average molecular weight is 303 g/mol. The minimum atomic E-state index is -4.70. The Morgan fingerprint density at radius 2 is 2.00 bits per heavy atom. The summed E-state index contributed by atoms with van der Waals surface area (Å²) in [7, 11) is 0. The van der Waals surface area contributed by atoms with Gasteiger partial charge in [0.25, 0.3) is 5.69 Å². The summed E-state index contributed by atoms with van der Waals surface area (Å²) >= 11 is 5.65. The predicted molar refractivity (Wildman–Crippen MR) is 68.5 cm³/mol. The lowest BCUT2D eigenvalue weighted by Gasteiger charge is -2.12. The van der Waals surface area contributed by atoms with Gasteiger partial charge in [0.15, 0.2) is 0 Å². The molecule has 0 saturated heterocycles. The Balaban J connectivity index is 2.84. The Morgan fingerprint density at radius 1 is 1.35 bits per heavy atom. The molecule has 1 aromatic heterocycles. The molecular weight excluding hydrogens is 297 g/mol. The first-order valence-corrected chi connectivity index (χ1v) is 5.59. The molecule has 0 atom stereocenters. The molecule has 8 heteroatoms. The number of nitro groups is 1. The van der Waals surface area contributed by atoms with Crippen molar-refractivity contribution in [2.24, 2.45) is 0 Å². The van der Waals surface area contributed by atoms with Gasteiger partial charge in [-0.25, -0.2) is 4.98 Å². The topological polar surface area (TPSA) is 56.0 Å². The molecule has 20 heavy (non-hydrogen) atoms. The smallest absolute Gasteiger partial charge is 0.258 e. The van der Waals surface area contributed by atoms with E-state index in [0.29, 0.717) is 0 Å². The number of allylic oxidation sites excluding steroid dienone is 1. The molecule has 0 aliphatic carbocycles. The minimum absolute atomic E-state index is 0.0158. The zero-order valence-electron chi connectivity index (χ0n) is 9.74. The Bertz CT molecular complexity index is 728. The monoisotopic (exact) mass is 302 g/mol. The van der Waals surface area contributed by atoms with E-state index in [9.17, 15) is 23.3 Å². The summed E-state index contributed by atoms with van der Waals surface area (Å²) < 4.78 is 38.2. The maximum Gasteiger partial charge on any atom is 0.417 e. The van der Waals surface area contributed by atoms with Crippen molar-refractivity contribution in [2.75, 3.05) is 0 Å². The second-order valence-corrected chi connectivity index (χ2v) is 4.29.